The Hall–Kier alpha value is -3.24. The predicted octanol–water partition coefficient (Wildman–Crippen LogP) is 5.75. The summed E-state index contributed by atoms with van der Waals surface area (Å²) in [6, 6.07) is 30.1. The first-order chi connectivity index (χ1) is 16.4. The van der Waals surface area contributed by atoms with Crippen LogP contribution in [-0.2, 0) is 19.9 Å². The van der Waals surface area contributed by atoms with E-state index in [0.717, 1.165) is 16.7 Å². The van der Waals surface area contributed by atoms with E-state index in [2.05, 4.69) is 41.7 Å². The van der Waals surface area contributed by atoms with Gasteiger partial charge in [-0.05, 0) is 36.0 Å². The number of ketones is 1. The van der Waals surface area contributed by atoms with Crippen molar-refractivity contribution in [2.75, 3.05) is 7.11 Å². The minimum Gasteiger partial charge on any atom is -0.469 e. The molecule has 0 unspecified atom stereocenters. The van der Waals surface area contributed by atoms with Gasteiger partial charge in [0.2, 0.25) is 0 Å². The Morgan fingerprint density at radius 3 is 1.53 bits per heavy atom. The lowest BCUT2D eigenvalue weighted by Gasteiger charge is -2.39. The van der Waals surface area contributed by atoms with Crippen LogP contribution in [0.3, 0.4) is 0 Å². The van der Waals surface area contributed by atoms with Crippen molar-refractivity contribution in [3.63, 3.8) is 0 Å². The van der Waals surface area contributed by atoms with Gasteiger partial charge in [-0.3, -0.25) is 14.9 Å². The number of rotatable bonds is 11. The minimum atomic E-state index is -0.738. The maximum absolute atomic E-state index is 13.5. The molecular weight excluding hydrogens is 422 g/mol. The van der Waals surface area contributed by atoms with E-state index in [1.54, 1.807) is 0 Å². The third-order valence-electron chi connectivity index (χ3n) is 6.27. The molecule has 4 nitrogen and oxygen atoms in total. The van der Waals surface area contributed by atoms with Gasteiger partial charge in [-0.1, -0.05) is 105 Å². The molecule has 0 amide bonds. The van der Waals surface area contributed by atoms with Gasteiger partial charge < -0.3 is 4.74 Å². The molecule has 4 heteroatoms. The van der Waals surface area contributed by atoms with Gasteiger partial charge in [0.1, 0.15) is 5.78 Å². The average Bonchev–Trinajstić information content (AvgIpc) is 2.87. The van der Waals surface area contributed by atoms with Gasteiger partial charge in [0, 0.05) is 6.42 Å². The molecule has 3 aromatic carbocycles. The van der Waals surface area contributed by atoms with Crippen LogP contribution < -0.4 is 5.32 Å². The first-order valence-electron chi connectivity index (χ1n) is 11.9. The third-order valence-corrected chi connectivity index (χ3v) is 6.27. The molecule has 0 aliphatic carbocycles. The van der Waals surface area contributed by atoms with Crippen molar-refractivity contribution < 1.29 is 14.3 Å². The van der Waals surface area contributed by atoms with Gasteiger partial charge in [-0.15, -0.1) is 0 Å². The van der Waals surface area contributed by atoms with Gasteiger partial charge in [0.15, 0.2) is 0 Å². The van der Waals surface area contributed by atoms with Gasteiger partial charge in [0.25, 0.3) is 0 Å². The highest BCUT2D eigenvalue weighted by Crippen LogP contribution is 2.37. The number of hydrogen-bond acceptors (Lipinski definition) is 4. The summed E-state index contributed by atoms with van der Waals surface area (Å²) in [5.74, 6) is -0.489. The SMILES string of the molecule is COC(=O)[C@@H](CC(=O)[C@H](C)NC(c1ccccc1)(c1ccccc1)c1ccccc1)CC(C)C. The molecule has 34 heavy (non-hydrogen) atoms. The van der Waals surface area contributed by atoms with Crippen molar-refractivity contribution in [2.45, 2.75) is 45.2 Å². The Kier molecular flexibility index (Phi) is 8.78. The summed E-state index contributed by atoms with van der Waals surface area (Å²) in [6.45, 7) is 5.98. The fourth-order valence-electron chi connectivity index (χ4n) is 4.64. The topological polar surface area (TPSA) is 55.4 Å². The molecule has 178 valence electrons. The van der Waals surface area contributed by atoms with Crippen LogP contribution in [-0.4, -0.2) is 24.9 Å². The van der Waals surface area contributed by atoms with Crippen LogP contribution in [0.1, 0.15) is 50.3 Å². The lowest BCUT2D eigenvalue weighted by Crippen LogP contribution is -2.51. The molecule has 0 aliphatic rings. The van der Waals surface area contributed by atoms with Crippen LogP contribution >= 0.6 is 0 Å². The largest absolute Gasteiger partial charge is 0.469 e. The summed E-state index contributed by atoms with van der Waals surface area (Å²) in [5, 5.41) is 3.69. The molecule has 0 radical (unpaired) electrons. The number of nitrogens with one attached hydrogen (secondary N) is 1. The number of carbonyl (C=O) groups is 2. The van der Waals surface area contributed by atoms with Crippen LogP contribution in [0.25, 0.3) is 0 Å². The quantitative estimate of drug-likeness (QED) is 0.294. The minimum absolute atomic E-state index is 0.0109. The summed E-state index contributed by atoms with van der Waals surface area (Å²) in [5.41, 5.74) is 2.38. The van der Waals surface area contributed by atoms with Gasteiger partial charge >= 0.3 is 5.97 Å². The summed E-state index contributed by atoms with van der Waals surface area (Å²) in [6.07, 6.45) is 0.764. The number of benzene rings is 3. The Balaban J connectivity index is 2.04. The zero-order valence-electron chi connectivity index (χ0n) is 20.5. The fourth-order valence-corrected chi connectivity index (χ4v) is 4.64. The predicted molar refractivity (Wildman–Crippen MR) is 136 cm³/mol. The van der Waals surface area contributed by atoms with Crippen molar-refractivity contribution >= 4 is 11.8 Å². The van der Waals surface area contributed by atoms with Crippen molar-refractivity contribution in [2.24, 2.45) is 11.8 Å². The van der Waals surface area contributed by atoms with E-state index in [1.807, 2.05) is 75.4 Å². The number of Topliss-reactive ketones (excluding diaryl/α,β-unsaturated/α-hetero) is 1. The third kappa shape index (κ3) is 5.81. The first kappa shape index (κ1) is 25.4. The maximum atomic E-state index is 13.5. The van der Waals surface area contributed by atoms with E-state index in [1.165, 1.54) is 7.11 Å². The fraction of sp³-hybridized carbons (Fsp3) is 0.333. The van der Waals surface area contributed by atoms with Crippen LogP contribution in [0.2, 0.25) is 0 Å². The molecule has 2 atom stereocenters. The average molecular weight is 458 g/mol. The van der Waals surface area contributed by atoms with Crippen molar-refractivity contribution in [1.29, 1.82) is 0 Å². The number of carbonyl (C=O) groups excluding carboxylic acids is 2. The Labute approximate surface area is 203 Å². The Bertz CT molecular complexity index is 952. The van der Waals surface area contributed by atoms with E-state index in [-0.39, 0.29) is 24.1 Å². The molecule has 0 aromatic heterocycles. The molecule has 1 N–H and O–H groups in total. The van der Waals surface area contributed by atoms with E-state index in [9.17, 15) is 9.59 Å². The molecule has 0 bridgehead atoms. The molecule has 3 rings (SSSR count). The van der Waals surface area contributed by atoms with Crippen LogP contribution in [0.15, 0.2) is 91.0 Å². The van der Waals surface area contributed by atoms with E-state index >= 15 is 0 Å². The van der Waals surface area contributed by atoms with E-state index in [0.29, 0.717) is 6.42 Å². The monoisotopic (exact) mass is 457 g/mol. The van der Waals surface area contributed by atoms with E-state index in [4.69, 9.17) is 4.74 Å². The highest BCUT2D eigenvalue weighted by Gasteiger charge is 2.39. The summed E-state index contributed by atoms with van der Waals surface area (Å²) >= 11 is 0. The highest BCUT2D eigenvalue weighted by atomic mass is 16.5. The summed E-state index contributed by atoms with van der Waals surface area (Å²) < 4.78 is 4.99. The normalized spacial score (nSPS) is 13.3. The van der Waals surface area contributed by atoms with Crippen molar-refractivity contribution in [3.8, 4) is 0 Å². The molecular formula is C30H35NO3. The molecule has 0 fully saturated rings. The number of methoxy groups -OCH3 is 1. The Morgan fingerprint density at radius 2 is 1.18 bits per heavy atom. The number of esters is 1. The van der Waals surface area contributed by atoms with Crippen LogP contribution in [0, 0.1) is 11.8 Å². The zero-order chi connectivity index (χ0) is 24.6. The second-order valence-electron chi connectivity index (χ2n) is 9.23. The lowest BCUT2D eigenvalue weighted by molar-refractivity contribution is -0.148. The second kappa shape index (κ2) is 11.8. The number of ether oxygens (including phenoxy) is 1. The molecule has 0 saturated carbocycles. The smallest absolute Gasteiger partial charge is 0.309 e. The number of hydrogen-bond donors (Lipinski definition) is 1. The molecule has 0 saturated heterocycles. The summed E-state index contributed by atoms with van der Waals surface area (Å²) in [7, 11) is 1.38. The lowest BCUT2D eigenvalue weighted by atomic mass is 9.76. The van der Waals surface area contributed by atoms with Crippen molar-refractivity contribution in [3.05, 3.63) is 108 Å². The highest BCUT2D eigenvalue weighted by molar-refractivity contribution is 5.88. The molecule has 3 aromatic rings. The van der Waals surface area contributed by atoms with Gasteiger partial charge in [-0.2, -0.15) is 0 Å². The summed E-state index contributed by atoms with van der Waals surface area (Å²) in [4.78, 5) is 25.8. The standard InChI is InChI=1S/C30H35NO3/c1-22(2)20-24(29(33)34-4)21-28(32)23(3)31-30(25-14-8-5-9-15-25,26-16-10-6-11-17-26)27-18-12-7-13-19-27/h5-19,22-24,31H,20-21H2,1-4H3/t23-,24+/m0/s1. The molecule has 0 aliphatic heterocycles. The van der Waals surface area contributed by atoms with E-state index < -0.39 is 17.5 Å². The molecule has 0 heterocycles. The Morgan fingerprint density at radius 1 is 0.765 bits per heavy atom. The van der Waals surface area contributed by atoms with Crippen LogP contribution in [0.5, 0.6) is 0 Å². The zero-order valence-corrected chi connectivity index (χ0v) is 20.5. The van der Waals surface area contributed by atoms with Crippen molar-refractivity contribution in [1.82, 2.24) is 5.32 Å². The van der Waals surface area contributed by atoms with Gasteiger partial charge in [0.05, 0.1) is 24.6 Å². The second-order valence-corrected chi connectivity index (χ2v) is 9.23. The molecule has 0 spiro atoms. The van der Waals surface area contributed by atoms with Crippen LogP contribution in [0.4, 0.5) is 0 Å². The first-order valence-corrected chi connectivity index (χ1v) is 11.9. The van der Waals surface area contributed by atoms with Gasteiger partial charge in [-0.25, -0.2) is 0 Å². The maximum Gasteiger partial charge on any atom is 0.309 e.